The highest BCUT2D eigenvalue weighted by molar-refractivity contribution is 7.17. The lowest BCUT2D eigenvalue weighted by molar-refractivity contribution is -0.913. The lowest BCUT2D eigenvalue weighted by Crippen LogP contribution is -3.11. The van der Waals surface area contributed by atoms with Crippen molar-refractivity contribution >= 4 is 40.0 Å². The molecule has 8 nitrogen and oxygen atoms in total. The molecule has 29 heavy (non-hydrogen) atoms. The van der Waals surface area contributed by atoms with Gasteiger partial charge in [0.05, 0.1) is 35.6 Å². The first-order valence-electron chi connectivity index (χ1n) is 9.22. The average Bonchev–Trinajstić information content (AvgIpc) is 3.08. The second-order valence-corrected chi connectivity index (χ2v) is 7.76. The Morgan fingerprint density at radius 2 is 2.07 bits per heavy atom. The van der Waals surface area contributed by atoms with E-state index in [9.17, 15) is 19.7 Å². The summed E-state index contributed by atoms with van der Waals surface area (Å²) in [7, 11) is 1.33. The number of methoxy groups -OCH3 is 1. The minimum absolute atomic E-state index is 0.0123. The Hall–Kier alpha value is -3.04. The summed E-state index contributed by atoms with van der Waals surface area (Å²) in [5.41, 5.74) is 2.06. The van der Waals surface area contributed by atoms with Crippen LogP contribution in [0.1, 0.15) is 33.3 Å². The van der Waals surface area contributed by atoms with Crippen LogP contribution >= 0.6 is 11.3 Å². The molecule has 1 atom stereocenters. The topological polar surface area (TPSA) is 103 Å². The van der Waals surface area contributed by atoms with Gasteiger partial charge in [-0.05, 0) is 36.3 Å². The summed E-state index contributed by atoms with van der Waals surface area (Å²) in [6, 6.07) is 5.88. The fourth-order valence-corrected chi connectivity index (χ4v) is 4.59. The molecule has 0 fully saturated rings. The molecule has 0 saturated carbocycles. The van der Waals surface area contributed by atoms with Gasteiger partial charge in [0.15, 0.2) is 0 Å². The van der Waals surface area contributed by atoms with Crippen LogP contribution in [-0.2, 0) is 22.5 Å². The Bertz CT molecular complexity index is 965. The SMILES string of the molecule is CC[NH+]1CCc2c(sc(NC(=O)C=Cc3ccc([N+](=O)[O-])cc3)c2C(=O)OC)C1. The van der Waals surface area contributed by atoms with E-state index in [1.165, 1.54) is 41.6 Å². The van der Waals surface area contributed by atoms with Crippen molar-refractivity contribution < 1.29 is 24.1 Å². The van der Waals surface area contributed by atoms with Crippen molar-refractivity contribution in [2.45, 2.75) is 19.9 Å². The summed E-state index contributed by atoms with van der Waals surface area (Å²) in [6.07, 6.45) is 3.67. The smallest absolute Gasteiger partial charge is 0.341 e. The Morgan fingerprint density at radius 3 is 2.69 bits per heavy atom. The van der Waals surface area contributed by atoms with Crippen LogP contribution in [0.5, 0.6) is 0 Å². The van der Waals surface area contributed by atoms with E-state index >= 15 is 0 Å². The van der Waals surface area contributed by atoms with Crippen LogP contribution in [-0.4, -0.2) is 37.0 Å². The first-order chi connectivity index (χ1) is 13.9. The van der Waals surface area contributed by atoms with Gasteiger partial charge in [-0.1, -0.05) is 0 Å². The summed E-state index contributed by atoms with van der Waals surface area (Å²) < 4.78 is 4.93. The monoisotopic (exact) mass is 416 g/mol. The molecule has 0 bridgehead atoms. The molecule has 152 valence electrons. The van der Waals surface area contributed by atoms with E-state index < -0.39 is 10.9 Å². The fourth-order valence-electron chi connectivity index (χ4n) is 3.28. The van der Waals surface area contributed by atoms with Gasteiger partial charge in [-0.2, -0.15) is 0 Å². The van der Waals surface area contributed by atoms with E-state index in [0.717, 1.165) is 36.5 Å². The molecule has 0 radical (unpaired) electrons. The number of nitrogens with zero attached hydrogens (tertiary/aromatic N) is 1. The summed E-state index contributed by atoms with van der Waals surface area (Å²) in [4.78, 5) is 37.5. The van der Waals surface area contributed by atoms with Crippen LogP contribution in [0.3, 0.4) is 0 Å². The molecule has 1 amide bonds. The molecule has 9 heteroatoms. The number of ether oxygens (including phenoxy) is 1. The molecule has 1 aliphatic heterocycles. The maximum Gasteiger partial charge on any atom is 0.341 e. The van der Waals surface area contributed by atoms with Crippen molar-refractivity contribution in [3.05, 3.63) is 62.0 Å². The number of nitro groups is 1. The highest BCUT2D eigenvalue weighted by atomic mass is 32.1. The lowest BCUT2D eigenvalue weighted by Gasteiger charge is -2.22. The summed E-state index contributed by atoms with van der Waals surface area (Å²) in [5.74, 6) is -0.830. The molecular formula is C20H22N3O5S+. The number of nitrogens with one attached hydrogen (secondary N) is 2. The number of thiophene rings is 1. The molecule has 0 spiro atoms. The second-order valence-electron chi connectivity index (χ2n) is 6.65. The first-order valence-corrected chi connectivity index (χ1v) is 10.0. The zero-order valence-electron chi connectivity index (χ0n) is 16.2. The van der Waals surface area contributed by atoms with Gasteiger partial charge in [0.1, 0.15) is 11.5 Å². The maximum absolute atomic E-state index is 12.4. The van der Waals surface area contributed by atoms with Gasteiger partial charge < -0.3 is 15.0 Å². The Kier molecular flexibility index (Phi) is 6.40. The predicted octanol–water partition coefficient (Wildman–Crippen LogP) is 2.06. The number of quaternary nitrogens is 1. The number of likely N-dealkylation sites (N-methyl/N-ethyl adjacent to an activating group) is 1. The Labute approximate surface area is 171 Å². The molecule has 0 aliphatic carbocycles. The van der Waals surface area contributed by atoms with Gasteiger partial charge in [0, 0.05) is 24.6 Å². The Morgan fingerprint density at radius 1 is 1.34 bits per heavy atom. The van der Waals surface area contributed by atoms with Crippen molar-refractivity contribution in [3.8, 4) is 0 Å². The van der Waals surface area contributed by atoms with Crippen LogP contribution in [0, 0.1) is 10.1 Å². The third-order valence-corrected chi connectivity index (χ3v) is 6.03. The number of esters is 1. The van der Waals surface area contributed by atoms with E-state index in [4.69, 9.17) is 4.74 Å². The molecule has 0 saturated heterocycles. The number of rotatable bonds is 6. The average molecular weight is 416 g/mol. The van der Waals surface area contributed by atoms with Crippen molar-refractivity contribution in [3.63, 3.8) is 0 Å². The predicted molar refractivity (Wildman–Crippen MR) is 110 cm³/mol. The zero-order chi connectivity index (χ0) is 21.0. The highest BCUT2D eigenvalue weighted by Crippen LogP contribution is 2.35. The molecule has 1 unspecified atom stereocenters. The number of fused-ring (bicyclic) bond motifs is 1. The highest BCUT2D eigenvalue weighted by Gasteiger charge is 2.30. The number of hydrogen-bond donors (Lipinski definition) is 2. The number of amides is 1. The molecular weight excluding hydrogens is 394 g/mol. The van der Waals surface area contributed by atoms with Crippen LogP contribution < -0.4 is 10.2 Å². The molecule has 2 N–H and O–H groups in total. The van der Waals surface area contributed by atoms with Crippen molar-refractivity contribution in [1.82, 2.24) is 0 Å². The van der Waals surface area contributed by atoms with E-state index in [2.05, 4.69) is 12.2 Å². The van der Waals surface area contributed by atoms with Crippen LogP contribution in [0.25, 0.3) is 6.08 Å². The third kappa shape index (κ3) is 4.69. The molecule has 1 aromatic heterocycles. The van der Waals surface area contributed by atoms with Gasteiger partial charge in [-0.15, -0.1) is 11.3 Å². The van der Waals surface area contributed by atoms with Crippen molar-refractivity contribution in [2.24, 2.45) is 0 Å². The normalized spacial score (nSPS) is 15.7. The number of non-ortho nitro benzene ring substituents is 1. The zero-order valence-corrected chi connectivity index (χ0v) is 17.0. The molecule has 3 rings (SSSR count). The summed E-state index contributed by atoms with van der Waals surface area (Å²) >= 11 is 1.42. The van der Waals surface area contributed by atoms with Crippen LogP contribution in [0.4, 0.5) is 10.7 Å². The second kappa shape index (κ2) is 8.97. The van der Waals surface area contributed by atoms with E-state index in [-0.39, 0.29) is 11.6 Å². The molecule has 1 aliphatic rings. The number of carbonyl (C=O) groups excluding carboxylic acids is 2. The van der Waals surface area contributed by atoms with Gasteiger partial charge >= 0.3 is 5.97 Å². The molecule has 2 heterocycles. The first kappa shape index (κ1) is 20.7. The van der Waals surface area contributed by atoms with Gasteiger partial charge in [-0.25, -0.2) is 4.79 Å². The van der Waals surface area contributed by atoms with E-state index in [0.29, 0.717) is 16.1 Å². The quantitative estimate of drug-likeness (QED) is 0.325. The minimum atomic E-state index is -0.478. The third-order valence-electron chi connectivity index (χ3n) is 4.89. The van der Waals surface area contributed by atoms with Crippen LogP contribution in [0.15, 0.2) is 30.3 Å². The largest absolute Gasteiger partial charge is 0.465 e. The Balaban J connectivity index is 1.78. The fraction of sp³-hybridized carbons (Fsp3) is 0.300. The number of hydrogen-bond acceptors (Lipinski definition) is 6. The standard InChI is InChI=1S/C20H21N3O5S/c1-3-22-11-10-15-16(12-22)29-19(18(15)20(25)28-2)21-17(24)9-6-13-4-7-14(8-5-13)23(26)27/h4-9H,3,10-12H2,1-2H3,(H,21,24)/p+1. The van der Waals surface area contributed by atoms with Gasteiger partial charge in [0.25, 0.3) is 5.69 Å². The maximum atomic E-state index is 12.4. The number of nitro benzene ring substituents is 1. The van der Waals surface area contributed by atoms with Gasteiger partial charge in [-0.3, -0.25) is 14.9 Å². The summed E-state index contributed by atoms with van der Waals surface area (Å²) in [6.45, 7) is 4.90. The van der Waals surface area contributed by atoms with Crippen molar-refractivity contribution in [2.75, 3.05) is 25.5 Å². The minimum Gasteiger partial charge on any atom is -0.465 e. The number of benzene rings is 1. The molecule has 2 aromatic rings. The van der Waals surface area contributed by atoms with E-state index in [1.54, 1.807) is 18.2 Å². The van der Waals surface area contributed by atoms with Gasteiger partial charge in [0.2, 0.25) is 5.91 Å². The summed E-state index contributed by atoms with van der Waals surface area (Å²) in [5, 5.41) is 14.0. The lowest BCUT2D eigenvalue weighted by atomic mass is 10.0. The number of anilines is 1. The van der Waals surface area contributed by atoms with Crippen LogP contribution in [0.2, 0.25) is 0 Å². The van der Waals surface area contributed by atoms with E-state index in [1.807, 2.05) is 0 Å². The number of carbonyl (C=O) groups is 2. The van der Waals surface area contributed by atoms with Crippen molar-refractivity contribution in [1.29, 1.82) is 0 Å². The molecule has 1 aromatic carbocycles.